The van der Waals surface area contributed by atoms with Crippen molar-refractivity contribution in [3.63, 3.8) is 0 Å². The number of hydrogen-bond donors (Lipinski definition) is 1. The number of aliphatic hydroxyl groups is 1. The first-order chi connectivity index (χ1) is 12.1. The Bertz CT molecular complexity index is 854. The second-order valence-electron chi connectivity index (χ2n) is 6.48. The summed E-state index contributed by atoms with van der Waals surface area (Å²) in [6.07, 6.45) is 0.979. The highest BCUT2D eigenvalue weighted by molar-refractivity contribution is 5.76. The quantitative estimate of drug-likeness (QED) is 0.642. The van der Waals surface area contributed by atoms with Gasteiger partial charge in [-0.15, -0.1) is 0 Å². The van der Waals surface area contributed by atoms with Crippen LogP contribution < -0.4 is 4.74 Å². The van der Waals surface area contributed by atoms with E-state index in [0.717, 1.165) is 35.6 Å². The molecule has 0 amide bonds. The number of benzene rings is 2. The molecule has 0 aliphatic heterocycles. The van der Waals surface area contributed by atoms with Gasteiger partial charge in [-0.2, -0.15) is 0 Å². The fourth-order valence-electron chi connectivity index (χ4n) is 2.98. The van der Waals surface area contributed by atoms with Gasteiger partial charge in [0.25, 0.3) is 0 Å². The van der Waals surface area contributed by atoms with Crippen molar-refractivity contribution in [3.8, 4) is 5.75 Å². The average Bonchev–Trinajstić information content (AvgIpc) is 2.99. The molecule has 3 rings (SSSR count). The first-order valence-corrected chi connectivity index (χ1v) is 8.93. The summed E-state index contributed by atoms with van der Waals surface area (Å²) >= 11 is 0. The molecule has 4 nitrogen and oxygen atoms in total. The van der Waals surface area contributed by atoms with Gasteiger partial charge in [0, 0.05) is 6.54 Å². The van der Waals surface area contributed by atoms with Crippen molar-refractivity contribution in [3.05, 3.63) is 59.4 Å². The van der Waals surface area contributed by atoms with Crippen LogP contribution in [0.25, 0.3) is 11.0 Å². The van der Waals surface area contributed by atoms with Crippen LogP contribution in [-0.2, 0) is 6.54 Å². The highest BCUT2D eigenvalue weighted by atomic mass is 16.5. The first kappa shape index (κ1) is 17.5. The summed E-state index contributed by atoms with van der Waals surface area (Å²) in [5.41, 5.74) is 4.51. The Morgan fingerprint density at radius 1 is 1.12 bits per heavy atom. The third-order valence-corrected chi connectivity index (χ3v) is 4.64. The predicted octanol–water partition coefficient (Wildman–Crippen LogP) is 4.57. The number of aromatic nitrogens is 2. The molecule has 0 bridgehead atoms. The van der Waals surface area contributed by atoms with Gasteiger partial charge in [-0.25, -0.2) is 4.98 Å². The summed E-state index contributed by atoms with van der Waals surface area (Å²) < 4.78 is 8.00. The van der Waals surface area contributed by atoms with E-state index in [-0.39, 0.29) is 0 Å². The maximum atomic E-state index is 10.3. The van der Waals surface area contributed by atoms with Crippen LogP contribution in [0, 0.1) is 13.8 Å². The van der Waals surface area contributed by atoms with E-state index in [2.05, 4.69) is 41.6 Å². The molecule has 25 heavy (non-hydrogen) atoms. The number of para-hydroxylation sites is 2. The van der Waals surface area contributed by atoms with Crippen LogP contribution in [0.4, 0.5) is 0 Å². The predicted molar refractivity (Wildman–Crippen MR) is 101 cm³/mol. The Labute approximate surface area is 149 Å². The number of nitrogens with zero attached hydrogens (tertiary/aromatic N) is 2. The van der Waals surface area contributed by atoms with Gasteiger partial charge in [-0.3, -0.25) is 0 Å². The molecular weight excluding hydrogens is 312 g/mol. The van der Waals surface area contributed by atoms with E-state index in [0.29, 0.717) is 13.0 Å². The van der Waals surface area contributed by atoms with E-state index >= 15 is 0 Å². The number of imidazole rings is 1. The molecule has 0 spiro atoms. The summed E-state index contributed by atoms with van der Waals surface area (Å²) in [7, 11) is 0. The van der Waals surface area contributed by atoms with Crippen molar-refractivity contribution >= 4 is 11.0 Å². The van der Waals surface area contributed by atoms with Gasteiger partial charge in [-0.1, -0.05) is 25.1 Å². The molecular formula is C21H26N2O2. The first-order valence-electron chi connectivity index (χ1n) is 8.93. The van der Waals surface area contributed by atoms with Gasteiger partial charge in [0.1, 0.15) is 17.7 Å². The Balaban J connectivity index is 1.69. The number of fused-ring (bicyclic) bond motifs is 1. The minimum atomic E-state index is -0.534. The molecule has 3 aromatic rings. The van der Waals surface area contributed by atoms with Gasteiger partial charge in [0.05, 0.1) is 17.6 Å². The fourth-order valence-corrected chi connectivity index (χ4v) is 2.98. The minimum absolute atomic E-state index is 0.534. The topological polar surface area (TPSA) is 47.3 Å². The monoisotopic (exact) mass is 338 g/mol. The summed E-state index contributed by atoms with van der Waals surface area (Å²) in [4.78, 5) is 4.61. The maximum Gasteiger partial charge on any atom is 0.138 e. The lowest BCUT2D eigenvalue weighted by Gasteiger charge is -2.13. The SMILES string of the molecule is CC[C@@H](O)c1nc2ccccc2n1CCCOc1ccc(C)c(C)c1. The van der Waals surface area contributed by atoms with Crippen LogP contribution in [0.15, 0.2) is 42.5 Å². The lowest BCUT2D eigenvalue weighted by Crippen LogP contribution is -2.11. The minimum Gasteiger partial charge on any atom is -0.494 e. The number of rotatable bonds is 7. The smallest absolute Gasteiger partial charge is 0.138 e. The number of aryl methyl sites for hydroxylation is 3. The van der Waals surface area contributed by atoms with E-state index in [1.54, 1.807) is 0 Å². The fraction of sp³-hybridized carbons (Fsp3) is 0.381. The van der Waals surface area contributed by atoms with Crippen LogP contribution in [0.2, 0.25) is 0 Å². The van der Waals surface area contributed by atoms with Crippen LogP contribution in [0.3, 0.4) is 0 Å². The number of aliphatic hydroxyl groups excluding tert-OH is 1. The molecule has 0 radical (unpaired) electrons. The van der Waals surface area contributed by atoms with E-state index in [1.807, 2.05) is 31.2 Å². The van der Waals surface area contributed by atoms with Crippen molar-refractivity contribution in [2.24, 2.45) is 0 Å². The molecule has 132 valence electrons. The van der Waals surface area contributed by atoms with E-state index in [1.165, 1.54) is 11.1 Å². The molecule has 0 saturated carbocycles. The lowest BCUT2D eigenvalue weighted by atomic mass is 10.1. The molecule has 1 aromatic heterocycles. The zero-order valence-corrected chi connectivity index (χ0v) is 15.2. The molecule has 1 heterocycles. The molecule has 0 aliphatic carbocycles. The molecule has 4 heteroatoms. The van der Waals surface area contributed by atoms with Crippen molar-refractivity contribution in [2.45, 2.75) is 46.3 Å². The number of ether oxygens (including phenoxy) is 1. The van der Waals surface area contributed by atoms with Gasteiger partial charge in [0.15, 0.2) is 0 Å². The standard InChI is InChI=1S/C21H26N2O2/c1-4-20(24)21-22-18-8-5-6-9-19(18)23(21)12-7-13-25-17-11-10-15(2)16(3)14-17/h5-6,8-11,14,20,24H,4,7,12-13H2,1-3H3/t20-/m1/s1. The summed E-state index contributed by atoms with van der Waals surface area (Å²) in [6, 6.07) is 14.2. The van der Waals surface area contributed by atoms with Crippen LogP contribution in [0.5, 0.6) is 5.75 Å². The van der Waals surface area contributed by atoms with Crippen molar-refractivity contribution in [1.82, 2.24) is 9.55 Å². The van der Waals surface area contributed by atoms with Crippen LogP contribution in [-0.4, -0.2) is 21.3 Å². The van der Waals surface area contributed by atoms with Crippen molar-refractivity contribution < 1.29 is 9.84 Å². The third-order valence-electron chi connectivity index (χ3n) is 4.64. The molecule has 0 unspecified atom stereocenters. The Morgan fingerprint density at radius 3 is 2.68 bits per heavy atom. The Morgan fingerprint density at radius 2 is 1.92 bits per heavy atom. The zero-order valence-electron chi connectivity index (χ0n) is 15.2. The summed E-state index contributed by atoms with van der Waals surface area (Å²) in [5.74, 6) is 1.65. The van der Waals surface area contributed by atoms with Gasteiger partial charge in [0.2, 0.25) is 0 Å². The molecule has 2 aromatic carbocycles. The van der Waals surface area contributed by atoms with E-state index < -0.39 is 6.10 Å². The molecule has 0 fully saturated rings. The summed E-state index contributed by atoms with van der Waals surface area (Å²) in [5, 5.41) is 10.3. The van der Waals surface area contributed by atoms with Crippen molar-refractivity contribution in [1.29, 1.82) is 0 Å². The third kappa shape index (κ3) is 3.85. The Kier molecular flexibility index (Phi) is 5.39. The normalized spacial score (nSPS) is 12.5. The van der Waals surface area contributed by atoms with Gasteiger partial charge >= 0.3 is 0 Å². The lowest BCUT2D eigenvalue weighted by molar-refractivity contribution is 0.158. The summed E-state index contributed by atoms with van der Waals surface area (Å²) in [6.45, 7) is 7.58. The van der Waals surface area contributed by atoms with Gasteiger partial charge < -0.3 is 14.4 Å². The molecule has 1 atom stereocenters. The van der Waals surface area contributed by atoms with Gasteiger partial charge in [-0.05, 0) is 62.1 Å². The highest BCUT2D eigenvalue weighted by Gasteiger charge is 2.16. The second-order valence-corrected chi connectivity index (χ2v) is 6.48. The molecule has 0 aliphatic rings. The molecule has 1 N–H and O–H groups in total. The maximum absolute atomic E-state index is 10.3. The highest BCUT2D eigenvalue weighted by Crippen LogP contribution is 2.23. The number of hydrogen-bond acceptors (Lipinski definition) is 3. The largest absolute Gasteiger partial charge is 0.494 e. The van der Waals surface area contributed by atoms with Crippen molar-refractivity contribution in [2.75, 3.05) is 6.61 Å². The second kappa shape index (κ2) is 7.70. The Hall–Kier alpha value is -2.33. The van der Waals surface area contributed by atoms with Crippen LogP contribution >= 0.6 is 0 Å². The van der Waals surface area contributed by atoms with E-state index in [9.17, 15) is 5.11 Å². The molecule has 0 saturated heterocycles. The zero-order chi connectivity index (χ0) is 17.8. The average molecular weight is 338 g/mol. The van der Waals surface area contributed by atoms with E-state index in [4.69, 9.17) is 4.74 Å². The van der Waals surface area contributed by atoms with Crippen LogP contribution in [0.1, 0.15) is 42.8 Å².